The lowest BCUT2D eigenvalue weighted by atomic mass is 10.1. The van der Waals surface area contributed by atoms with E-state index >= 15 is 0 Å². The molecule has 0 fully saturated rings. The Morgan fingerprint density at radius 1 is 1.18 bits per heavy atom. The van der Waals surface area contributed by atoms with Crippen molar-refractivity contribution < 1.29 is 14.6 Å². The fraction of sp³-hybridized carbons (Fsp3) is 0.273. The third-order valence-corrected chi connectivity index (χ3v) is 4.56. The first-order chi connectivity index (χ1) is 13.5. The molecule has 0 radical (unpaired) electrons. The van der Waals surface area contributed by atoms with Crippen molar-refractivity contribution in [3.63, 3.8) is 0 Å². The zero-order chi connectivity index (χ0) is 20.1. The van der Waals surface area contributed by atoms with Crippen molar-refractivity contribution >= 4 is 5.91 Å². The van der Waals surface area contributed by atoms with E-state index in [4.69, 9.17) is 4.74 Å². The molecule has 0 aliphatic carbocycles. The van der Waals surface area contributed by atoms with E-state index in [1.165, 1.54) is 0 Å². The molecule has 0 aliphatic heterocycles. The van der Waals surface area contributed by atoms with E-state index in [1.54, 1.807) is 30.0 Å². The van der Waals surface area contributed by atoms with Gasteiger partial charge in [0.25, 0.3) is 5.91 Å². The predicted molar refractivity (Wildman–Crippen MR) is 108 cm³/mol. The number of hydrogen-bond acceptors (Lipinski definition) is 4. The first-order valence-electron chi connectivity index (χ1n) is 9.19. The van der Waals surface area contributed by atoms with Crippen LogP contribution in [0.5, 0.6) is 5.75 Å². The van der Waals surface area contributed by atoms with Crippen LogP contribution in [0.1, 0.15) is 27.3 Å². The maximum Gasteiger partial charge on any atom is 0.251 e. The molecule has 0 unspecified atom stereocenters. The number of aliphatic hydroxyl groups is 1. The number of carbonyl (C=O) groups excluding carboxylic acids is 1. The molecule has 6 heteroatoms. The summed E-state index contributed by atoms with van der Waals surface area (Å²) >= 11 is 0. The Labute approximate surface area is 164 Å². The molecule has 6 nitrogen and oxygen atoms in total. The van der Waals surface area contributed by atoms with Gasteiger partial charge in [0.05, 0.1) is 25.5 Å². The lowest BCUT2D eigenvalue weighted by Crippen LogP contribution is -2.39. The maximum absolute atomic E-state index is 12.8. The zero-order valence-corrected chi connectivity index (χ0v) is 16.3. The number of carbonyl (C=O) groups is 1. The molecule has 0 bridgehead atoms. The summed E-state index contributed by atoms with van der Waals surface area (Å²) in [5, 5.41) is 17.1. The van der Waals surface area contributed by atoms with E-state index in [9.17, 15) is 9.90 Å². The first kappa shape index (κ1) is 19.6. The van der Waals surface area contributed by atoms with E-state index in [1.807, 2.05) is 50.2 Å². The molecule has 28 heavy (non-hydrogen) atoms. The third kappa shape index (κ3) is 4.40. The number of hydrogen-bond donors (Lipinski definition) is 2. The quantitative estimate of drug-likeness (QED) is 0.662. The lowest BCUT2D eigenvalue weighted by Gasteiger charge is -2.17. The van der Waals surface area contributed by atoms with Gasteiger partial charge in [-0.3, -0.25) is 4.79 Å². The Morgan fingerprint density at radius 3 is 2.54 bits per heavy atom. The maximum atomic E-state index is 12.8. The average Bonchev–Trinajstić information content (AvgIpc) is 3.05. The lowest BCUT2D eigenvalue weighted by molar-refractivity contribution is 0.0916. The third-order valence-electron chi connectivity index (χ3n) is 4.56. The monoisotopic (exact) mass is 379 g/mol. The van der Waals surface area contributed by atoms with Gasteiger partial charge in [-0.2, -0.15) is 5.10 Å². The van der Waals surface area contributed by atoms with E-state index in [0.717, 1.165) is 17.0 Å². The summed E-state index contributed by atoms with van der Waals surface area (Å²) in [7, 11) is 1.59. The summed E-state index contributed by atoms with van der Waals surface area (Å²) in [6.07, 6.45) is 0.559. The topological polar surface area (TPSA) is 76.4 Å². The van der Waals surface area contributed by atoms with Crippen LogP contribution >= 0.6 is 0 Å². The largest absolute Gasteiger partial charge is 0.494 e. The van der Waals surface area contributed by atoms with Crippen LogP contribution in [-0.2, 0) is 6.42 Å². The van der Waals surface area contributed by atoms with Crippen LogP contribution in [0.3, 0.4) is 0 Å². The van der Waals surface area contributed by atoms with Gasteiger partial charge in [0, 0.05) is 11.3 Å². The van der Waals surface area contributed by atoms with Gasteiger partial charge in [0.15, 0.2) is 0 Å². The fourth-order valence-electron chi connectivity index (χ4n) is 3.20. The molecular weight excluding hydrogens is 354 g/mol. The first-order valence-corrected chi connectivity index (χ1v) is 9.19. The number of rotatable bonds is 7. The highest BCUT2D eigenvalue weighted by Gasteiger charge is 2.17. The summed E-state index contributed by atoms with van der Waals surface area (Å²) in [6.45, 7) is 3.73. The Balaban J connectivity index is 1.83. The summed E-state index contributed by atoms with van der Waals surface area (Å²) in [4.78, 5) is 12.8. The summed E-state index contributed by atoms with van der Waals surface area (Å²) in [5.41, 5.74) is 4.07. The number of nitrogens with zero attached hydrogens (tertiary/aromatic N) is 2. The molecule has 3 aromatic rings. The molecule has 1 amide bonds. The van der Waals surface area contributed by atoms with E-state index in [-0.39, 0.29) is 18.6 Å². The summed E-state index contributed by atoms with van der Waals surface area (Å²) in [6, 6.07) is 16.6. The molecule has 1 aromatic heterocycles. The molecule has 146 valence electrons. The number of aryl methyl sites for hydroxylation is 2. The molecular formula is C22H25N3O3. The summed E-state index contributed by atoms with van der Waals surface area (Å²) < 4.78 is 7.21. The van der Waals surface area contributed by atoms with Crippen molar-refractivity contribution in [3.8, 4) is 11.4 Å². The van der Waals surface area contributed by atoms with Crippen LogP contribution in [0.4, 0.5) is 0 Å². The van der Waals surface area contributed by atoms with Crippen LogP contribution < -0.4 is 10.1 Å². The van der Waals surface area contributed by atoms with E-state index in [2.05, 4.69) is 10.4 Å². The number of benzene rings is 2. The van der Waals surface area contributed by atoms with Gasteiger partial charge in [-0.1, -0.05) is 30.3 Å². The molecule has 2 aromatic carbocycles. The molecule has 3 rings (SSSR count). The minimum atomic E-state index is -0.367. The van der Waals surface area contributed by atoms with E-state index < -0.39 is 0 Å². The minimum Gasteiger partial charge on any atom is -0.494 e. The number of aliphatic hydroxyl groups excluding tert-OH is 1. The van der Waals surface area contributed by atoms with Crippen molar-refractivity contribution in [2.75, 3.05) is 13.7 Å². The van der Waals surface area contributed by atoms with E-state index in [0.29, 0.717) is 23.4 Å². The average molecular weight is 379 g/mol. The predicted octanol–water partition coefficient (Wildman–Crippen LogP) is 2.83. The molecule has 0 saturated heterocycles. The normalized spacial score (nSPS) is 11.9. The van der Waals surface area contributed by atoms with Crippen molar-refractivity contribution in [1.82, 2.24) is 15.1 Å². The number of methoxy groups -OCH3 is 1. The molecule has 2 N–H and O–H groups in total. The molecule has 1 heterocycles. The van der Waals surface area contributed by atoms with Gasteiger partial charge in [0.2, 0.25) is 0 Å². The van der Waals surface area contributed by atoms with Crippen molar-refractivity contribution in [3.05, 3.63) is 77.1 Å². The molecule has 0 spiro atoms. The molecule has 0 saturated carbocycles. The van der Waals surface area contributed by atoms with Crippen LogP contribution in [0, 0.1) is 13.8 Å². The van der Waals surface area contributed by atoms with Crippen molar-refractivity contribution in [2.24, 2.45) is 0 Å². The van der Waals surface area contributed by atoms with Gasteiger partial charge in [0.1, 0.15) is 11.4 Å². The number of ether oxygens (including phenoxy) is 1. The zero-order valence-electron chi connectivity index (χ0n) is 16.3. The van der Waals surface area contributed by atoms with Gasteiger partial charge in [-0.15, -0.1) is 0 Å². The second-order valence-corrected chi connectivity index (χ2v) is 6.77. The minimum absolute atomic E-state index is 0.138. The van der Waals surface area contributed by atoms with Crippen LogP contribution in [0.2, 0.25) is 0 Å². The summed E-state index contributed by atoms with van der Waals surface area (Å²) in [5.74, 6) is 0.381. The van der Waals surface area contributed by atoms with Crippen LogP contribution in [0.25, 0.3) is 5.69 Å². The highest BCUT2D eigenvalue weighted by Crippen LogP contribution is 2.25. The number of nitrogens with one attached hydrogen (secondary N) is 1. The van der Waals surface area contributed by atoms with Crippen molar-refractivity contribution in [1.29, 1.82) is 0 Å². The second-order valence-electron chi connectivity index (χ2n) is 6.77. The van der Waals surface area contributed by atoms with Crippen molar-refractivity contribution in [2.45, 2.75) is 26.3 Å². The Morgan fingerprint density at radius 2 is 1.93 bits per heavy atom. The van der Waals surface area contributed by atoms with Gasteiger partial charge < -0.3 is 15.2 Å². The standard InChI is InChI=1S/C22H25N3O3/c1-15-11-16(2)25(24-15)20-13-18(9-10-21(20)28-3)22(27)23-19(14-26)12-17-7-5-4-6-8-17/h4-11,13,19,26H,12,14H2,1-3H3,(H,23,27)/t19-/m1/s1. The Hall–Kier alpha value is -3.12. The Kier molecular flexibility index (Phi) is 6.11. The highest BCUT2D eigenvalue weighted by molar-refractivity contribution is 5.95. The molecule has 1 atom stereocenters. The molecule has 0 aliphatic rings. The highest BCUT2D eigenvalue weighted by atomic mass is 16.5. The Bertz CT molecular complexity index is 951. The van der Waals surface area contributed by atoms with Gasteiger partial charge in [-0.05, 0) is 50.1 Å². The van der Waals surface area contributed by atoms with Crippen LogP contribution in [-0.4, -0.2) is 40.6 Å². The van der Waals surface area contributed by atoms with Gasteiger partial charge >= 0.3 is 0 Å². The van der Waals surface area contributed by atoms with Crippen LogP contribution in [0.15, 0.2) is 54.6 Å². The second kappa shape index (κ2) is 8.71. The van der Waals surface area contributed by atoms with Gasteiger partial charge in [-0.25, -0.2) is 4.68 Å². The number of amides is 1. The SMILES string of the molecule is COc1ccc(C(=O)N[C@@H](CO)Cc2ccccc2)cc1-n1nc(C)cc1C. The smallest absolute Gasteiger partial charge is 0.251 e. The fourth-order valence-corrected chi connectivity index (χ4v) is 3.20. The number of aromatic nitrogens is 2.